The third kappa shape index (κ3) is 2.42. The van der Waals surface area contributed by atoms with Crippen molar-refractivity contribution in [2.24, 2.45) is 10.7 Å². The monoisotopic (exact) mass is 371 g/mol. The number of benzene rings is 1. The van der Waals surface area contributed by atoms with Crippen molar-refractivity contribution < 1.29 is 9.53 Å². The Kier molecular flexibility index (Phi) is 4.10. The van der Waals surface area contributed by atoms with E-state index in [-0.39, 0.29) is 11.8 Å². The Bertz CT molecular complexity index is 607. The summed E-state index contributed by atoms with van der Waals surface area (Å²) < 4.78 is 5.72. The van der Waals surface area contributed by atoms with Gasteiger partial charge in [0.15, 0.2) is 0 Å². The van der Waals surface area contributed by atoms with Crippen molar-refractivity contribution >= 4 is 39.3 Å². The maximum atomic E-state index is 12.8. The van der Waals surface area contributed by atoms with Crippen LogP contribution in [0.1, 0.15) is 24.8 Å². The average Bonchev–Trinajstić information content (AvgIpc) is 2.47. The van der Waals surface area contributed by atoms with Gasteiger partial charge in [0.1, 0.15) is 0 Å². The summed E-state index contributed by atoms with van der Waals surface area (Å²) in [5.41, 5.74) is 5.87. The van der Waals surface area contributed by atoms with Crippen LogP contribution in [0.3, 0.4) is 0 Å². The molecule has 1 fully saturated rings. The first kappa shape index (κ1) is 15.0. The van der Waals surface area contributed by atoms with Crippen molar-refractivity contribution in [1.82, 2.24) is 0 Å². The fourth-order valence-corrected chi connectivity index (χ4v) is 3.60. The fraction of sp³-hybridized carbons (Fsp3) is 0.467. The summed E-state index contributed by atoms with van der Waals surface area (Å²) in [6.45, 7) is 0. The minimum absolute atomic E-state index is 0.00196. The Morgan fingerprint density at radius 2 is 2.29 bits per heavy atom. The van der Waals surface area contributed by atoms with Gasteiger partial charge in [-0.05, 0) is 0 Å². The average molecular weight is 371 g/mol. The Morgan fingerprint density at radius 1 is 1.52 bits per heavy atom. The molecule has 1 aromatic carbocycles. The summed E-state index contributed by atoms with van der Waals surface area (Å²) in [6, 6.07) is 7.06. The molecule has 2 N–H and O–H groups in total. The number of nitrogens with zero attached hydrogens (tertiary/aromatic N) is 1. The van der Waals surface area contributed by atoms with Crippen LogP contribution in [0.5, 0.6) is 0 Å². The van der Waals surface area contributed by atoms with E-state index in [1.54, 1.807) is 6.07 Å². The SMILES string of the molecule is NC(C[Se])C1=NC2(c3ccccc3Cl)CCC[C@H](O1)C2=O. The number of Topliss-reactive ketones (excluding diaryl/α,β-unsaturated/α-hetero) is 1. The van der Waals surface area contributed by atoms with Crippen LogP contribution in [0.15, 0.2) is 29.3 Å². The molecule has 1 aromatic rings. The zero-order valence-corrected chi connectivity index (χ0v) is 13.9. The number of halogens is 1. The Hall–Kier alpha value is -0.871. The topological polar surface area (TPSA) is 64.7 Å². The molecule has 3 rings (SSSR count). The molecule has 0 saturated heterocycles. The Balaban J connectivity index is 2.16. The van der Waals surface area contributed by atoms with Gasteiger partial charge in [-0.3, -0.25) is 0 Å². The number of hydrogen-bond acceptors (Lipinski definition) is 4. The first-order valence-corrected chi connectivity index (χ1v) is 8.57. The van der Waals surface area contributed by atoms with Crippen LogP contribution in [0.4, 0.5) is 0 Å². The molecule has 21 heavy (non-hydrogen) atoms. The number of ether oxygens (including phenoxy) is 1. The molecule has 2 bridgehead atoms. The van der Waals surface area contributed by atoms with Gasteiger partial charge in [-0.2, -0.15) is 0 Å². The van der Waals surface area contributed by atoms with E-state index in [1.165, 1.54) is 0 Å². The molecule has 1 aliphatic heterocycles. The molecule has 3 atom stereocenters. The summed E-state index contributed by atoms with van der Waals surface area (Å²) in [4.78, 5) is 17.4. The molecule has 1 heterocycles. The number of fused-ring (bicyclic) bond motifs is 2. The first-order chi connectivity index (χ1) is 10.1. The van der Waals surface area contributed by atoms with Gasteiger partial charge < -0.3 is 0 Å². The first-order valence-electron chi connectivity index (χ1n) is 6.98. The predicted octanol–water partition coefficient (Wildman–Crippen LogP) is 2.00. The van der Waals surface area contributed by atoms with Crippen molar-refractivity contribution in [3.63, 3.8) is 0 Å². The summed E-state index contributed by atoms with van der Waals surface area (Å²) in [5, 5.41) is 1.16. The van der Waals surface area contributed by atoms with Crippen LogP contribution < -0.4 is 5.73 Å². The van der Waals surface area contributed by atoms with Crippen molar-refractivity contribution in [1.29, 1.82) is 0 Å². The number of rotatable bonds is 3. The molecule has 4 nitrogen and oxygen atoms in total. The number of hydrogen-bond donors (Lipinski definition) is 1. The summed E-state index contributed by atoms with van der Waals surface area (Å²) in [7, 11) is 0. The summed E-state index contributed by atoms with van der Waals surface area (Å²) >= 11 is 9.21. The van der Waals surface area contributed by atoms with Gasteiger partial charge in [0, 0.05) is 0 Å². The van der Waals surface area contributed by atoms with Crippen LogP contribution in [0, 0.1) is 0 Å². The molecule has 2 aliphatic rings. The van der Waals surface area contributed by atoms with Crippen LogP contribution in [-0.2, 0) is 15.1 Å². The van der Waals surface area contributed by atoms with Gasteiger partial charge in [0.05, 0.1) is 0 Å². The molecular weight excluding hydrogens is 355 g/mol. The molecule has 0 spiro atoms. The number of carbonyl (C=O) groups excluding carboxylic acids is 1. The van der Waals surface area contributed by atoms with Gasteiger partial charge in [0.25, 0.3) is 0 Å². The van der Waals surface area contributed by atoms with E-state index in [0.717, 1.165) is 12.0 Å². The Morgan fingerprint density at radius 3 is 3.00 bits per heavy atom. The molecule has 0 amide bonds. The van der Waals surface area contributed by atoms with E-state index in [2.05, 4.69) is 21.0 Å². The van der Waals surface area contributed by atoms with E-state index in [9.17, 15) is 4.79 Å². The molecule has 1 saturated carbocycles. The number of aliphatic imine (C=N–C) groups is 1. The van der Waals surface area contributed by atoms with Crippen molar-refractivity contribution in [2.75, 3.05) is 0 Å². The minimum atomic E-state index is -0.929. The van der Waals surface area contributed by atoms with E-state index in [1.807, 2.05) is 18.2 Å². The zero-order chi connectivity index (χ0) is 15.0. The molecule has 1 radical (unpaired) electrons. The van der Waals surface area contributed by atoms with Crippen LogP contribution in [0.25, 0.3) is 0 Å². The third-order valence-electron chi connectivity index (χ3n) is 4.09. The molecule has 1 aliphatic carbocycles. The van der Waals surface area contributed by atoms with E-state index >= 15 is 0 Å². The van der Waals surface area contributed by atoms with Crippen LogP contribution >= 0.6 is 11.6 Å². The number of nitrogens with two attached hydrogens (primary N) is 1. The van der Waals surface area contributed by atoms with Gasteiger partial charge in [-0.25, -0.2) is 0 Å². The van der Waals surface area contributed by atoms with Crippen molar-refractivity contribution in [2.45, 2.75) is 42.3 Å². The van der Waals surface area contributed by atoms with E-state index in [0.29, 0.717) is 29.1 Å². The van der Waals surface area contributed by atoms with Gasteiger partial charge in [0.2, 0.25) is 0 Å². The Labute approximate surface area is 136 Å². The quantitative estimate of drug-likeness (QED) is 0.828. The normalized spacial score (nSPS) is 29.6. The fourth-order valence-electron chi connectivity index (χ4n) is 3.01. The molecule has 111 valence electrons. The molecular formula is C15H16ClN2O2Se. The second-order valence-electron chi connectivity index (χ2n) is 5.43. The van der Waals surface area contributed by atoms with Crippen LogP contribution in [-0.4, -0.2) is 39.8 Å². The maximum absolute atomic E-state index is 12.8. The summed E-state index contributed by atoms with van der Waals surface area (Å²) in [5.74, 6) is 0.454. The standard InChI is InChI=1S/C15H16ClN2O2Se/c16-10-5-2-1-4-9(10)15-7-3-6-12(13(15)19)20-14(18-15)11(17)8-21/h1-2,4-5,11-12H,3,6-8,17H2/t11?,12-,15?/m0/s1. The van der Waals surface area contributed by atoms with Crippen molar-refractivity contribution in [3.8, 4) is 0 Å². The van der Waals surface area contributed by atoms with Gasteiger partial charge in [-0.1, -0.05) is 0 Å². The van der Waals surface area contributed by atoms with Gasteiger partial charge in [-0.15, -0.1) is 0 Å². The number of carbonyl (C=O) groups is 1. The third-order valence-corrected chi connectivity index (χ3v) is 5.17. The molecule has 2 unspecified atom stereocenters. The molecule has 6 heteroatoms. The predicted molar refractivity (Wildman–Crippen MR) is 82.8 cm³/mol. The molecule has 0 aromatic heterocycles. The van der Waals surface area contributed by atoms with E-state index < -0.39 is 11.6 Å². The summed E-state index contributed by atoms with van der Waals surface area (Å²) in [6.07, 6.45) is 1.79. The van der Waals surface area contributed by atoms with E-state index in [4.69, 9.17) is 22.1 Å². The van der Waals surface area contributed by atoms with Crippen LogP contribution in [0.2, 0.25) is 10.3 Å². The van der Waals surface area contributed by atoms with Gasteiger partial charge >= 0.3 is 137 Å². The van der Waals surface area contributed by atoms with Crippen molar-refractivity contribution in [3.05, 3.63) is 34.9 Å². The number of ketones is 1. The second kappa shape index (κ2) is 5.73. The second-order valence-corrected chi connectivity index (χ2v) is 6.53. The zero-order valence-electron chi connectivity index (χ0n) is 11.4.